The molecule has 2 nitrogen and oxygen atoms in total. The predicted molar refractivity (Wildman–Crippen MR) is 83.2 cm³/mol. The molecule has 0 atom stereocenters. The molecule has 4 rings (SSSR count). The van der Waals surface area contributed by atoms with Crippen molar-refractivity contribution in [1.82, 2.24) is 5.32 Å². The summed E-state index contributed by atoms with van der Waals surface area (Å²) in [5.41, 5.74) is 4.77. The van der Waals surface area contributed by atoms with Gasteiger partial charge in [0.2, 0.25) is 0 Å². The third-order valence-corrected chi connectivity index (χ3v) is 3.99. The van der Waals surface area contributed by atoms with Crippen LogP contribution in [0.4, 0.5) is 0 Å². The molecular formula is C18H17NO. The Morgan fingerprint density at radius 1 is 1.20 bits per heavy atom. The molecule has 0 saturated carbocycles. The largest absolute Gasteiger partial charge is 0.455 e. The summed E-state index contributed by atoms with van der Waals surface area (Å²) < 4.78 is 6.03. The first-order chi connectivity index (χ1) is 9.92. The molecule has 0 saturated heterocycles. The fraction of sp³-hybridized carbons (Fsp3) is 0.222. The van der Waals surface area contributed by atoms with Crippen LogP contribution in [-0.4, -0.2) is 6.54 Å². The van der Waals surface area contributed by atoms with Gasteiger partial charge >= 0.3 is 0 Å². The molecule has 1 aliphatic carbocycles. The van der Waals surface area contributed by atoms with Crippen LogP contribution in [0.1, 0.15) is 30.6 Å². The van der Waals surface area contributed by atoms with Gasteiger partial charge in [0.15, 0.2) is 5.76 Å². The molecule has 100 valence electrons. The lowest BCUT2D eigenvalue weighted by Gasteiger charge is -2.12. The average Bonchev–Trinajstić information content (AvgIpc) is 3.17. The molecule has 2 heteroatoms. The molecule has 0 fully saturated rings. The van der Waals surface area contributed by atoms with Gasteiger partial charge in [-0.3, -0.25) is 0 Å². The highest BCUT2D eigenvalue weighted by Crippen LogP contribution is 2.33. The maximum absolute atomic E-state index is 6.03. The van der Waals surface area contributed by atoms with E-state index in [2.05, 4.69) is 53.9 Å². The van der Waals surface area contributed by atoms with E-state index in [1.807, 2.05) is 0 Å². The Balaban J connectivity index is 1.83. The summed E-state index contributed by atoms with van der Waals surface area (Å²) in [5, 5.41) is 4.64. The number of fused-ring (bicyclic) bond motifs is 1. The van der Waals surface area contributed by atoms with Crippen molar-refractivity contribution in [2.24, 2.45) is 0 Å². The first-order valence-electron chi connectivity index (χ1n) is 7.25. The molecule has 1 N–H and O–H groups in total. The molecule has 2 aromatic rings. The normalized spacial score (nSPS) is 18.0. The van der Waals surface area contributed by atoms with Gasteiger partial charge in [0, 0.05) is 11.9 Å². The second kappa shape index (κ2) is 4.71. The van der Waals surface area contributed by atoms with Crippen LogP contribution in [0.15, 0.2) is 53.0 Å². The van der Waals surface area contributed by atoms with Gasteiger partial charge in [-0.05, 0) is 42.5 Å². The van der Waals surface area contributed by atoms with Crippen molar-refractivity contribution < 1.29 is 4.42 Å². The number of nitrogens with one attached hydrogen (secondary N) is 1. The van der Waals surface area contributed by atoms with Crippen molar-refractivity contribution in [2.45, 2.75) is 19.3 Å². The van der Waals surface area contributed by atoms with Gasteiger partial charge in [-0.1, -0.05) is 36.4 Å². The van der Waals surface area contributed by atoms with Crippen LogP contribution in [0, 0.1) is 0 Å². The lowest BCUT2D eigenvalue weighted by molar-refractivity contribution is 0.585. The molecule has 1 aromatic carbocycles. The van der Waals surface area contributed by atoms with E-state index in [9.17, 15) is 0 Å². The zero-order valence-electron chi connectivity index (χ0n) is 11.4. The zero-order valence-corrected chi connectivity index (χ0v) is 11.4. The lowest BCUT2D eigenvalue weighted by atomic mass is 10.0. The van der Waals surface area contributed by atoms with Crippen LogP contribution in [0.3, 0.4) is 0 Å². The van der Waals surface area contributed by atoms with E-state index in [0.29, 0.717) is 0 Å². The van der Waals surface area contributed by atoms with Gasteiger partial charge in [-0.15, -0.1) is 0 Å². The molecule has 2 heterocycles. The predicted octanol–water partition coefficient (Wildman–Crippen LogP) is 4.50. The highest BCUT2D eigenvalue weighted by atomic mass is 16.3. The Kier molecular flexibility index (Phi) is 2.73. The van der Waals surface area contributed by atoms with Crippen molar-refractivity contribution in [3.05, 3.63) is 59.9 Å². The summed E-state index contributed by atoms with van der Waals surface area (Å²) in [7, 11) is 0. The number of furan rings is 1. The molecule has 1 aliphatic heterocycles. The van der Waals surface area contributed by atoms with Crippen molar-refractivity contribution in [3.8, 4) is 0 Å². The number of rotatable bonds is 2. The maximum Gasteiger partial charge on any atom is 0.150 e. The van der Waals surface area contributed by atoms with Crippen LogP contribution in [0.5, 0.6) is 0 Å². The molecule has 0 bridgehead atoms. The fourth-order valence-corrected chi connectivity index (χ4v) is 2.95. The van der Waals surface area contributed by atoms with Gasteiger partial charge in [0.1, 0.15) is 5.58 Å². The second-order valence-electron chi connectivity index (χ2n) is 5.34. The van der Waals surface area contributed by atoms with Crippen molar-refractivity contribution in [3.63, 3.8) is 0 Å². The third kappa shape index (κ3) is 1.88. The van der Waals surface area contributed by atoms with E-state index >= 15 is 0 Å². The number of hydrogen-bond donors (Lipinski definition) is 1. The van der Waals surface area contributed by atoms with Gasteiger partial charge in [-0.25, -0.2) is 0 Å². The number of benzene rings is 1. The van der Waals surface area contributed by atoms with Crippen LogP contribution < -0.4 is 5.32 Å². The van der Waals surface area contributed by atoms with E-state index in [1.54, 1.807) is 0 Å². The minimum Gasteiger partial charge on any atom is -0.455 e. The van der Waals surface area contributed by atoms with E-state index in [1.165, 1.54) is 22.9 Å². The third-order valence-electron chi connectivity index (χ3n) is 3.99. The van der Waals surface area contributed by atoms with E-state index in [-0.39, 0.29) is 0 Å². The maximum atomic E-state index is 6.03. The smallest absolute Gasteiger partial charge is 0.150 e. The molecular weight excluding hydrogens is 246 g/mol. The minimum atomic E-state index is 0.957. The van der Waals surface area contributed by atoms with Crippen LogP contribution in [0.25, 0.3) is 22.2 Å². The number of allylic oxidation sites excluding steroid dienone is 5. The summed E-state index contributed by atoms with van der Waals surface area (Å²) in [6.07, 6.45) is 12.1. The zero-order chi connectivity index (χ0) is 13.4. The summed E-state index contributed by atoms with van der Waals surface area (Å²) in [5.74, 6) is 0.957. The summed E-state index contributed by atoms with van der Waals surface area (Å²) >= 11 is 0. The van der Waals surface area contributed by atoms with Gasteiger partial charge in [-0.2, -0.15) is 0 Å². The first-order valence-corrected chi connectivity index (χ1v) is 7.25. The van der Waals surface area contributed by atoms with Gasteiger partial charge < -0.3 is 9.73 Å². The quantitative estimate of drug-likeness (QED) is 0.863. The van der Waals surface area contributed by atoms with E-state index in [4.69, 9.17) is 4.42 Å². The summed E-state index contributed by atoms with van der Waals surface area (Å²) in [6.45, 7) is 1.03. The second-order valence-corrected chi connectivity index (χ2v) is 5.34. The molecule has 1 aromatic heterocycles. The average molecular weight is 263 g/mol. The van der Waals surface area contributed by atoms with Crippen molar-refractivity contribution in [1.29, 1.82) is 0 Å². The van der Waals surface area contributed by atoms with Gasteiger partial charge in [0.25, 0.3) is 0 Å². The summed E-state index contributed by atoms with van der Waals surface area (Å²) in [6, 6.07) is 8.48. The Morgan fingerprint density at radius 3 is 3.00 bits per heavy atom. The molecule has 0 radical (unpaired) electrons. The van der Waals surface area contributed by atoms with Crippen molar-refractivity contribution in [2.75, 3.05) is 6.54 Å². The highest BCUT2D eigenvalue weighted by molar-refractivity contribution is 5.94. The van der Waals surface area contributed by atoms with E-state index in [0.717, 1.165) is 36.4 Å². The number of hydrogen-bond acceptors (Lipinski definition) is 2. The first kappa shape index (κ1) is 11.6. The van der Waals surface area contributed by atoms with Crippen LogP contribution in [-0.2, 0) is 0 Å². The highest BCUT2D eigenvalue weighted by Gasteiger charge is 2.14. The molecule has 2 aliphatic rings. The standard InChI is InChI=1S/C18H17NO/c1-2-7-13(6-1)14-8-5-10-17-15(14)12-18(20-17)16-9-3-4-11-19-16/h1-2,5-6,8-10,12,19H,3-4,7,11H2. The minimum absolute atomic E-state index is 0.957. The lowest BCUT2D eigenvalue weighted by Crippen LogP contribution is -2.16. The topological polar surface area (TPSA) is 25.2 Å². The Bertz CT molecular complexity index is 746. The van der Waals surface area contributed by atoms with E-state index < -0.39 is 0 Å². The molecule has 0 unspecified atom stereocenters. The Morgan fingerprint density at radius 2 is 2.20 bits per heavy atom. The molecule has 20 heavy (non-hydrogen) atoms. The van der Waals surface area contributed by atoms with Crippen LogP contribution in [0.2, 0.25) is 0 Å². The SMILES string of the molecule is C1=CCC(c2cccc3oc(C4=CCCCN4)cc23)=C1. The van der Waals surface area contributed by atoms with Crippen LogP contribution >= 0.6 is 0 Å². The Labute approximate surface area is 118 Å². The molecule has 0 amide bonds. The monoisotopic (exact) mass is 263 g/mol. The molecule has 0 spiro atoms. The summed E-state index contributed by atoms with van der Waals surface area (Å²) in [4.78, 5) is 0. The van der Waals surface area contributed by atoms with Gasteiger partial charge in [0.05, 0.1) is 5.70 Å². The fourth-order valence-electron chi connectivity index (χ4n) is 2.95. The van der Waals surface area contributed by atoms with Crippen molar-refractivity contribution >= 4 is 22.2 Å². The Hall–Kier alpha value is -2.22.